The molecule has 0 N–H and O–H groups in total. The highest BCUT2D eigenvalue weighted by molar-refractivity contribution is 7.99. The van der Waals surface area contributed by atoms with Crippen molar-refractivity contribution in [2.24, 2.45) is 0 Å². The summed E-state index contributed by atoms with van der Waals surface area (Å²) in [5.41, 5.74) is -5.65. The average molecular weight is 433 g/mol. The van der Waals surface area contributed by atoms with E-state index in [4.69, 9.17) is 13.0 Å². The van der Waals surface area contributed by atoms with E-state index in [2.05, 4.69) is 0 Å². The van der Waals surface area contributed by atoms with Gasteiger partial charge in [0.05, 0.1) is 0 Å². The molecule has 0 aliphatic heterocycles. The molecule has 0 aromatic rings. The monoisotopic (exact) mass is 432 g/mol. The van der Waals surface area contributed by atoms with Gasteiger partial charge in [-0.15, -0.1) is 0 Å². The molecule has 0 aromatic heterocycles. The summed E-state index contributed by atoms with van der Waals surface area (Å²) in [5, 5.41) is 0.892. The summed E-state index contributed by atoms with van der Waals surface area (Å²) in [6, 6.07) is 0. The Morgan fingerprint density at radius 1 is 1.11 bits per heavy atom. The fourth-order valence-electron chi connectivity index (χ4n) is 3.38. The minimum atomic E-state index is -6.09. The summed E-state index contributed by atoms with van der Waals surface area (Å²) in [6.45, 7) is 1.95. The zero-order chi connectivity index (χ0) is 20.7. The van der Waals surface area contributed by atoms with Crippen LogP contribution >= 0.6 is 0 Å². The summed E-state index contributed by atoms with van der Waals surface area (Å²) in [6.07, 6.45) is 11.2. The Morgan fingerprint density at radius 2 is 1.63 bits per heavy atom. The van der Waals surface area contributed by atoms with E-state index >= 15 is 0 Å². The molecule has 2 rings (SSSR count). The Morgan fingerprint density at radius 3 is 2.07 bits per heavy atom. The Bertz CT molecular complexity index is 598. The molecule has 0 aromatic carbocycles. The molecule has 0 spiro atoms. The van der Waals surface area contributed by atoms with Gasteiger partial charge in [-0.2, -0.15) is 13.2 Å². The second kappa shape index (κ2) is 10.8. The molecular weight excluding hydrogens is 405 g/mol. The molecule has 2 aliphatic rings. The predicted octanol–water partition coefficient (Wildman–Crippen LogP) is 3.48. The Hall–Kier alpha value is -0.610. The van der Waals surface area contributed by atoms with Gasteiger partial charge in [-0.3, -0.25) is 9.59 Å². The van der Waals surface area contributed by atoms with Gasteiger partial charge in [-0.1, -0.05) is 13.3 Å². The standard InChI is InChI=1S/C16H27O2S.CHF3O3S/c1-2-13(17)12-19(14-8-4-3-5-9-14)16-11-7-6-10-15(16)18;2-1(3,4)8(5,6)7/h14,16H,2-12H2,1H3;(H,5,6,7)/q+1;/p-1. The first kappa shape index (κ1) is 24.4. The molecule has 0 radical (unpaired) electrons. The van der Waals surface area contributed by atoms with E-state index < -0.39 is 15.6 Å². The lowest BCUT2D eigenvalue weighted by Gasteiger charge is -2.29. The SMILES string of the molecule is CCC(=O)C[S+](C1CCCCC1)C1CCCCC1=O.O=S(=O)([O-])C(F)(F)F. The van der Waals surface area contributed by atoms with Gasteiger partial charge in [0.25, 0.3) is 0 Å². The summed E-state index contributed by atoms with van der Waals surface area (Å²) < 4.78 is 58.9. The Balaban J connectivity index is 0.000000387. The van der Waals surface area contributed by atoms with Crippen LogP contribution in [0.2, 0.25) is 0 Å². The van der Waals surface area contributed by atoms with Crippen LogP contribution in [0.3, 0.4) is 0 Å². The van der Waals surface area contributed by atoms with Crippen LogP contribution in [-0.2, 0) is 30.6 Å². The highest BCUT2D eigenvalue weighted by atomic mass is 32.2. The third kappa shape index (κ3) is 8.11. The van der Waals surface area contributed by atoms with E-state index in [1.165, 1.54) is 38.5 Å². The van der Waals surface area contributed by atoms with Gasteiger partial charge >= 0.3 is 5.51 Å². The van der Waals surface area contributed by atoms with Gasteiger partial charge in [0.1, 0.15) is 5.25 Å². The van der Waals surface area contributed by atoms with Gasteiger partial charge < -0.3 is 4.55 Å². The van der Waals surface area contributed by atoms with Crippen molar-refractivity contribution in [2.45, 2.75) is 87.1 Å². The van der Waals surface area contributed by atoms with Crippen LogP contribution in [0.1, 0.15) is 71.1 Å². The number of carbonyl (C=O) groups excluding carboxylic acids is 2. The van der Waals surface area contributed by atoms with Crippen molar-refractivity contribution in [2.75, 3.05) is 5.75 Å². The van der Waals surface area contributed by atoms with Crippen molar-refractivity contribution in [3.8, 4) is 0 Å². The first-order valence-electron chi connectivity index (χ1n) is 9.22. The van der Waals surface area contributed by atoms with Crippen LogP contribution < -0.4 is 0 Å². The van der Waals surface area contributed by atoms with E-state index in [0.717, 1.165) is 19.3 Å². The Labute approximate surface area is 161 Å². The van der Waals surface area contributed by atoms with Crippen molar-refractivity contribution in [3.05, 3.63) is 0 Å². The maximum atomic E-state index is 12.2. The van der Waals surface area contributed by atoms with Gasteiger partial charge in [-0.05, 0) is 38.5 Å². The van der Waals surface area contributed by atoms with Crippen LogP contribution in [0.4, 0.5) is 13.2 Å². The summed E-state index contributed by atoms with van der Waals surface area (Å²) in [7, 11) is -6.05. The van der Waals surface area contributed by atoms with E-state index in [1.807, 2.05) is 6.92 Å². The fourth-order valence-corrected chi connectivity index (χ4v) is 6.72. The zero-order valence-corrected chi connectivity index (χ0v) is 17.1. The normalized spacial score (nSPS) is 23.3. The van der Waals surface area contributed by atoms with Gasteiger partial charge in [0.2, 0.25) is 0 Å². The van der Waals surface area contributed by atoms with Crippen molar-refractivity contribution < 1.29 is 35.7 Å². The maximum absolute atomic E-state index is 12.2. The van der Waals surface area contributed by atoms with Crippen LogP contribution in [-0.4, -0.2) is 46.3 Å². The molecule has 27 heavy (non-hydrogen) atoms. The third-order valence-electron chi connectivity index (χ3n) is 4.85. The number of Topliss-reactive ketones (excluding diaryl/α,β-unsaturated/α-hetero) is 2. The Kier molecular flexibility index (Phi) is 9.77. The van der Waals surface area contributed by atoms with Gasteiger partial charge in [0.15, 0.2) is 32.7 Å². The quantitative estimate of drug-likeness (QED) is 0.377. The van der Waals surface area contributed by atoms with E-state index in [9.17, 15) is 22.8 Å². The minimum absolute atomic E-state index is 0.0435. The van der Waals surface area contributed by atoms with Gasteiger partial charge in [-0.25, -0.2) is 8.42 Å². The average Bonchev–Trinajstić information content (AvgIpc) is 2.60. The van der Waals surface area contributed by atoms with Crippen molar-refractivity contribution in [1.82, 2.24) is 0 Å². The van der Waals surface area contributed by atoms with Crippen LogP contribution in [0.15, 0.2) is 0 Å². The highest BCUT2D eigenvalue weighted by Crippen LogP contribution is 2.33. The minimum Gasteiger partial charge on any atom is -0.741 e. The molecule has 0 saturated heterocycles. The van der Waals surface area contributed by atoms with Crippen molar-refractivity contribution in [3.63, 3.8) is 0 Å². The van der Waals surface area contributed by atoms with E-state index in [1.54, 1.807) is 0 Å². The number of hydrogen-bond donors (Lipinski definition) is 0. The van der Waals surface area contributed by atoms with E-state index in [-0.39, 0.29) is 16.1 Å². The highest BCUT2D eigenvalue weighted by Gasteiger charge is 2.44. The molecule has 2 unspecified atom stereocenters. The topological polar surface area (TPSA) is 91.3 Å². The summed E-state index contributed by atoms with van der Waals surface area (Å²) in [5.74, 6) is 1.52. The largest absolute Gasteiger partial charge is 0.741 e. The smallest absolute Gasteiger partial charge is 0.485 e. The second-order valence-electron chi connectivity index (χ2n) is 6.87. The van der Waals surface area contributed by atoms with Crippen LogP contribution in [0.25, 0.3) is 0 Å². The molecule has 158 valence electrons. The molecule has 2 saturated carbocycles. The number of carbonyl (C=O) groups is 2. The lowest BCUT2D eigenvalue weighted by Crippen LogP contribution is -2.43. The summed E-state index contributed by atoms with van der Waals surface area (Å²) >= 11 is 0. The molecule has 0 bridgehead atoms. The molecular formula is C17H27F3O5S2. The zero-order valence-electron chi connectivity index (χ0n) is 15.4. The van der Waals surface area contributed by atoms with Crippen molar-refractivity contribution in [1.29, 1.82) is 0 Å². The number of alkyl halides is 3. The lowest BCUT2D eigenvalue weighted by molar-refractivity contribution is -0.119. The molecule has 2 aliphatic carbocycles. The number of rotatable bonds is 5. The maximum Gasteiger partial charge on any atom is 0.485 e. The number of halogens is 3. The predicted molar refractivity (Wildman–Crippen MR) is 97.4 cm³/mol. The van der Waals surface area contributed by atoms with Crippen LogP contribution in [0, 0.1) is 0 Å². The van der Waals surface area contributed by atoms with Crippen molar-refractivity contribution >= 4 is 32.6 Å². The number of ketones is 2. The summed E-state index contributed by atoms with van der Waals surface area (Å²) in [4.78, 5) is 24.2. The number of hydrogen-bond acceptors (Lipinski definition) is 5. The molecule has 0 heterocycles. The molecule has 2 atom stereocenters. The fraction of sp³-hybridized carbons (Fsp3) is 0.882. The lowest BCUT2D eigenvalue weighted by atomic mass is 9.99. The first-order chi connectivity index (χ1) is 12.5. The third-order valence-corrected chi connectivity index (χ3v) is 8.63. The molecule has 0 amide bonds. The second-order valence-corrected chi connectivity index (χ2v) is 10.7. The molecule has 5 nitrogen and oxygen atoms in total. The van der Waals surface area contributed by atoms with E-state index in [0.29, 0.717) is 29.0 Å². The van der Waals surface area contributed by atoms with Gasteiger partial charge in [0, 0.05) is 30.2 Å². The molecule has 10 heteroatoms. The van der Waals surface area contributed by atoms with Crippen LogP contribution in [0.5, 0.6) is 0 Å². The molecule has 2 fully saturated rings. The first-order valence-corrected chi connectivity index (χ1v) is 12.1.